The number of nitrogens with one attached hydrogen (secondary N) is 2. The van der Waals surface area contributed by atoms with Gasteiger partial charge in [0.15, 0.2) is 11.6 Å². The molecule has 1 heterocycles. The van der Waals surface area contributed by atoms with Gasteiger partial charge in [-0.3, -0.25) is 0 Å². The maximum Gasteiger partial charge on any atom is 0.163 e. The Morgan fingerprint density at radius 1 is 1.19 bits per heavy atom. The van der Waals surface area contributed by atoms with Crippen LogP contribution in [0.25, 0.3) is 0 Å². The predicted octanol–water partition coefficient (Wildman–Crippen LogP) is 1.93. The molecule has 1 saturated heterocycles. The molecule has 16 heavy (non-hydrogen) atoms. The lowest BCUT2D eigenvalue weighted by atomic mass is 10.0. The Morgan fingerprint density at radius 3 is 2.56 bits per heavy atom. The molecule has 5 heteroatoms. The van der Waals surface area contributed by atoms with Crippen molar-refractivity contribution in [2.24, 2.45) is 0 Å². The predicted molar refractivity (Wildman–Crippen MR) is 62.0 cm³/mol. The summed E-state index contributed by atoms with van der Waals surface area (Å²) in [6.45, 7) is 3.85. The van der Waals surface area contributed by atoms with E-state index in [1.165, 1.54) is 0 Å². The van der Waals surface area contributed by atoms with Crippen LogP contribution in [0.15, 0.2) is 12.1 Å². The van der Waals surface area contributed by atoms with Gasteiger partial charge >= 0.3 is 0 Å². The van der Waals surface area contributed by atoms with Crippen LogP contribution in [-0.2, 0) is 0 Å². The molecule has 1 atom stereocenters. The fourth-order valence-electron chi connectivity index (χ4n) is 1.80. The van der Waals surface area contributed by atoms with Crippen molar-refractivity contribution >= 4 is 12.4 Å². The van der Waals surface area contributed by atoms with Gasteiger partial charge in [0, 0.05) is 31.2 Å². The third-order valence-electron chi connectivity index (χ3n) is 2.72. The lowest BCUT2D eigenvalue weighted by Crippen LogP contribution is -2.43. The number of halogens is 3. The van der Waals surface area contributed by atoms with Crippen LogP contribution >= 0.6 is 12.4 Å². The quantitative estimate of drug-likeness (QED) is 0.794. The zero-order chi connectivity index (χ0) is 10.8. The number of piperazine rings is 1. The molecule has 90 valence electrons. The van der Waals surface area contributed by atoms with Crippen LogP contribution in [0.1, 0.15) is 17.2 Å². The van der Waals surface area contributed by atoms with Crippen LogP contribution in [0.5, 0.6) is 0 Å². The molecule has 2 N–H and O–H groups in total. The van der Waals surface area contributed by atoms with Crippen molar-refractivity contribution in [1.29, 1.82) is 0 Å². The van der Waals surface area contributed by atoms with Crippen molar-refractivity contribution in [3.05, 3.63) is 34.9 Å². The molecule has 1 fully saturated rings. The minimum absolute atomic E-state index is 0. The average Bonchev–Trinajstić information content (AvgIpc) is 2.27. The highest BCUT2D eigenvalue weighted by molar-refractivity contribution is 5.85. The summed E-state index contributed by atoms with van der Waals surface area (Å²) in [5.74, 6) is -1.46. The minimum Gasteiger partial charge on any atom is -0.314 e. The van der Waals surface area contributed by atoms with Crippen LogP contribution < -0.4 is 10.6 Å². The van der Waals surface area contributed by atoms with E-state index in [-0.39, 0.29) is 18.4 Å². The van der Waals surface area contributed by atoms with Crippen molar-refractivity contribution in [3.8, 4) is 0 Å². The smallest absolute Gasteiger partial charge is 0.163 e. The third-order valence-corrected chi connectivity index (χ3v) is 2.72. The third kappa shape index (κ3) is 2.51. The first-order valence-corrected chi connectivity index (χ1v) is 5.08. The SMILES string of the molecule is Cc1ccc([C@@H]2CNCCN2)c(F)c1F.Cl. The molecular formula is C11H15ClF2N2. The normalized spacial score (nSPS) is 20.3. The molecule has 0 bridgehead atoms. The van der Waals surface area contributed by atoms with E-state index in [9.17, 15) is 8.78 Å². The molecule has 0 spiro atoms. The highest BCUT2D eigenvalue weighted by atomic mass is 35.5. The molecule has 1 aliphatic rings. The van der Waals surface area contributed by atoms with E-state index < -0.39 is 11.6 Å². The van der Waals surface area contributed by atoms with E-state index in [2.05, 4.69) is 10.6 Å². The van der Waals surface area contributed by atoms with Gasteiger partial charge in [0.1, 0.15) is 0 Å². The maximum atomic E-state index is 13.6. The zero-order valence-corrected chi connectivity index (χ0v) is 9.83. The summed E-state index contributed by atoms with van der Waals surface area (Å²) in [7, 11) is 0. The number of benzene rings is 1. The van der Waals surface area contributed by atoms with Gasteiger partial charge in [-0.15, -0.1) is 12.4 Å². The van der Waals surface area contributed by atoms with E-state index in [0.29, 0.717) is 17.7 Å². The molecule has 1 aromatic rings. The average molecular weight is 249 g/mol. The molecule has 2 nitrogen and oxygen atoms in total. The van der Waals surface area contributed by atoms with Gasteiger partial charge in [-0.1, -0.05) is 12.1 Å². The summed E-state index contributed by atoms with van der Waals surface area (Å²) < 4.78 is 26.9. The Labute approximate surface area is 99.8 Å². The van der Waals surface area contributed by atoms with E-state index in [1.807, 2.05) is 0 Å². The summed E-state index contributed by atoms with van der Waals surface area (Å²) >= 11 is 0. The lowest BCUT2D eigenvalue weighted by Gasteiger charge is -2.25. The van der Waals surface area contributed by atoms with Crippen molar-refractivity contribution in [1.82, 2.24) is 10.6 Å². The van der Waals surface area contributed by atoms with Crippen molar-refractivity contribution < 1.29 is 8.78 Å². The van der Waals surface area contributed by atoms with Gasteiger partial charge < -0.3 is 10.6 Å². The molecule has 0 unspecified atom stereocenters. The van der Waals surface area contributed by atoms with Crippen LogP contribution in [0.2, 0.25) is 0 Å². The Morgan fingerprint density at radius 2 is 1.94 bits per heavy atom. The summed E-state index contributed by atoms with van der Waals surface area (Å²) in [4.78, 5) is 0. The van der Waals surface area contributed by atoms with Gasteiger partial charge in [-0.25, -0.2) is 8.78 Å². The summed E-state index contributed by atoms with van der Waals surface area (Å²) in [5.41, 5.74) is 0.755. The van der Waals surface area contributed by atoms with E-state index in [1.54, 1.807) is 19.1 Å². The first kappa shape index (κ1) is 13.4. The Hall–Kier alpha value is -0.710. The van der Waals surface area contributed by atoms with E-state index in [4.69, 9.17) is 0 Å². The van der Waals surface area contributed by atoms with Gasteiger partial charge in [0.25, 0.3) is 0 Å². The second-order valence-electron chi connectivity index (χ2n) is 3.81. The van der Waals surface area contributed by atoms with Crippen LogP contribution in [0.3, 0.4) is 0 Å². The van der Waals surface area contributed by atoms with Crippen molar-refractivity contribution in [3.63, 3.8) is 0 Å². The van der Waals surface area contributed by atoms with Crippen LogP contribution in [-0.4, -0.2) is 19.6 Å². The first-order chi connectivity index (χ1) is 7.20. The molecule has 2 rings (SSSR count). The molecule has 0 aliphatic carbocycles. The van der Waals surface area contributed by atoms with E-state index >= 15 is 0 Å². The van der Waals surface area contributed by atoms with Gasteiger partial charge in [-0.2, -0.15) is 0 Å². The Balaban J connectivity index is 0.00000128. The lowest BCUT2D eigenvalue weighted by molar-refractivity contribution is 0.405. The molecule has 1 aliphatic heterocycles. The topological polar surface area (TPSA) is 24.1 Å². The highest BCUT2D eigenvalue weighted by Gasteiger charge is 2.20. The van der Waals surface area contributed by atoms with Gasteiger partial charge in [0.2, 0.25) is 0 Å². The molecule has 1 aromatic carbocycles. The van der Waals surface area contributed by atoms with Gasteiger partial charge in [-0.05, 0) is 12.5 Å². The second kappa shape index (κ2) is 5.57. The highest BCUT2D eigenvalue weighted by Crippen LogP contribution is 2.22. The summed E-state index contributed by atoms with van der Waals surface area (Å²) in [5, 5.41) is 6.30. The number of rotatable bonds is 1. The van der Waals surface area contributed by atoms with Crippen molar-refractivity contribution in [2.75, 3.05) is 19.6 Å². The molecule has 0 aromatic heterocycles. The maximum absolute atomic E-state index is 13.6. The molecule has 0 saturated carbocycles. The fraction of sp³-hybridized carbons (Fsp3) is 0.455. The van der Waals surface area contributed by atoms with E-state index in [0.717, 1.165) is 13.1 Å². The summed E-state index contributed by atoms with van der Waals surface area (Å²) in [6.07, 6.45) is 0. The van der Waals surface area contributed by atoms with Crippen molar-refractivity contribution in [2.45, 2.75) is 13.0 Å². The van der Waals surface area contributed by atoms with Crippen LogP contribution in [0.4, 0.5) is 8.78 Å². The van der Waals surface area contributed by atoms with Gasteiger partial charge in [0.05, 0.1) is 0 Å². The molecule has 0 radical (unpaired) electrons. The Bertz CT molecular complexity index is 365. The second-order valence-corrected chi connectivity index (χ2v) is 3.81. The number of aryl methyl sites for hydroxylation is 1. The van der Waals surface area contributed by atoms with Crippen LogP contribution in [0, 0.1) is 18.6 Å². The Kier molecular flexibility index (Phi) is 4.65. The number of hydrogen-bond acceptors (Lipinski definition) is 2. The standard InChI is InChI=1S/C11H14F2N2.ClH/c1-7-2-3-8(11(13)10(7)12)9-6-14-4-5-15-9;/h2-3,9,14-15H,4-6H2,1H3;1H/t9-;/m0./s1. The largest absolute Gasteiger partial charge is 0.314 e. The zero-order valence-electron chi connectivity index (χ0n) is 9.02. The fourth-order valence-corrected chi connectivity index (χ4v) is 1.80. The molecular weight excluding hydrogens is 234 g/mol. The number of hydrogen-bond donors (Lipinski definition) is 2. The minimum atomic E-state index is -0.736. The monoisotopic (exact) mass is 248 g/mol. The first-order valence-electron chi connectivity index (χ1n) is 5.08. The molecule has 0 amide bonds. The summed E-state index contributed by atoms with van der Waals surface area (Å²) in [6, 6.07) is 3.14.